The van der Waals surface area contributed by atoms with Crippen LogP contribution in [0.4, 0.5) is 0 Å². The van der Waals surface area contributed by atoms with E-state index in [-0.39, 0.29) is 0 Å². The molecule has 1 fully saturated rings. The highest BCUT2D eigenvalue weighted by atomic mass is 16.3. The number of rotatable bonds is 6. The van der Waals surface area contributed by atoms with E-state index in [4.69, 9.17) is 5.11 Å². The average molecular weight is 213 g/mol. The molecule has 0 spiro atoms. The summed E-state index contributed by atoms with van der Waals surface area (Å²) in [7, 11) is 0. The standard InChI is InChI=1S/C13H27NO/c1-3-8-14(9-10-15)13-7-5-6-12(4-2)11-13/h12-13,15H,3-11H2,1-2H3. The summed E-state index contributed by atoms with van der Waals surface area (Å²) in [5.74, 6) is 0.932. The van der Waals surface area contributed by atoms with E-state index < -0.39 is 0 Å². The van der Waals surface area contributed by atoms with Crippen molar-refractivity contribution in [1.29, 1.82) is 0 Å². The van der Waals surface area contributed by atoms with Crippen molar-refractivity contribution in [3.05, 3.63) is 0 Å². The van der Waals surface area contributed by atoms with Gasteiger partial charge in [-0.05, 0) is 31.7 Å². The Balaban J connectivity index is 2.42. The molecule has 1 saturated carbocycles. The first-order valence-electron chi connectivity index (χ1n) is 6.66. The maximum atomic E-state index is 9.08. The molecule has 2 nitrogen and oxygen atoms in total. The van der Waals surface area contributed by atoms with Crippen LogP contribution in [0.2, 0.25) is 0 Å². The molecule has 2 heteroatoms. The highest BCUT2D eigenvalue weighted by Crippen LogP contribution is 2.29. The summed E-state index contributed by atoms with van der Waals surface area (Å²) in [6.07, 6.45) is 8.04. The van der Waals surface area contributed by atoms with Crippen molar-refractivity contribution in [1.82, 2.24) is 4.90 Å². The lowest BCUT2D eigenvalue weighted by molar-refractivity contribution is 0.104. The zero-order valence-electron chi connectivity index (χ0n) is 10.4. The molecule has 1 rings (SSSR count). The van der Waals surface area contributed by atoms with Crippen molar-refractivity contribution in [2.45, 2.75) is 58.4 Å². The number of aliphatic hydroxyl groups excluding tert-OH is 1. The minimum Gasteiger partial charge on any atom is -0.395 e. The topological polar surface area (TPSA) is 23.5 Å². The van der Waals surface area contributed by atoms with Gasteiger partial charge in [-0.15, -0.1) is 0 Å². The smallest absolute Gasteiger partial charge is 0.0558 e. The van der Waals surface area contributed by atoms with E-state index in [1.807, 2.05) is 0 Å². The molecule has 0 aromatic rings. The molecule has 0 heterocycles. The molecular weight excluding hydrogens is 186 g/mol. The van der Waals surface area contributed by atoms with E-state index in [0.717, 1.165) is 25.0 Å². The maximum Gasteiger partial charge on any atom is 0.0558 e. The average Bonchev–Trinajstić information content (AvgIpc) is 2.29. The Labute approximate surface area is 94.7 Å². The quantitative estimate of drug-likeness (QED) is 0.733. The Morgan fingerprint density at radius 3 is 2.60 bits per heavy atom. The summed E-state index contributed by atoms with van der Waals surface area (Å²) in [5.41, 5.74) is 0. The molecule has 0 amide bonds. The number of nitrogens with zero attached hydrogens (tertiary/aromatic N) is 1. The molecule has 0 aliphatic heterocycles. The van der Waals surface area contributed by atoms with Gasteiger partial charge in [-0.3, -0.25) is 4.90 Å². The minimum atomic E-state index is 0.313. The summed E-state index contributed by atoms with van der Waals surface area (Å²) >= 11 is 0. The van der Waals surface area contributed by atoms with E-state index in [9.17, 15) is 0 Å². The van der Waals surface area contributed by atoms with Crippen molar-refractivity contribution < 1.29 is 5.11 Å². The molecule has 1 aliphatic rings. The summed E-state index contributed by atoms with van der Waals surface area (Å²) in [4.78, 5) is 2.50. The molecule has 2 atom stereocenters. The van der Waals surface area contributed by atoms with Crippen molar-refractivity contribution in [3.8, 4) is 0 Å². The summed E-state index contributed by atoms with van der Waals surface area (Å²) in [5, 5.41) is 9.08. The molecule has 0 bridgehead atoms. The lowest BCUT2D eigenvalue weighted by Crippen LogP contribution is -2.40. The summed E-state index contributed by atoms with van der Waals surface area (Å²) < 4.78 is 0. The summed E-state index contributed by atoms with van der Waals surface area (Å²) in [6, 6.07) is 0.746. The van der Waals surface area contributed by atoms with Gasteiger partial charge in [0.15, 0.2) is 0 Å². The number of aliphatic hydroxyl groups is 1. The first-order chi connectivity index (χ1) is 7.31. The zero-order chi connectivity index (χ0) is 11.1. The molecule has 1 aliphatic carbocycles. The van der Waals surface area contributed by atoms with Gasteiger partial charge in [-0.25, -0.2) is 0 Å². The van der Waals surface area contributed by atoms with E-state index in [1.165, 1.54) is 38.5 Å². The van der Waals surface area contributed by atoms with Crippen LogP contribution in [-0.4, -0.2) is 35.7 Å². The van der Waals surface area contributed by atoms with Gasteiger partial charge in [0.05, 0.1) is 6.61 Å². The molecule has 90 valence electrons. The first-order valence-corrected chi connectivity index (χ1v) is 6.66. The third kappa shape index (κ3) is 4.12. The molecular formula is C13H27NO. The van der Waals surface area contributed by atoms with Crippen molar-refractivity contribution in [3.63, 3.8) is 0 Å². The largest absolute Gasteiger partial charge is 0.395 e. The fourth-order valence-corrected chi connectivity index (χ4v) is 2.86. The monoisotopic (exact) mass is 213 g/mol. The van der Waals surface area contributed by atoms with Crippen LogP contribution >= 0.6 is 0 Å². The van der Waals surface area contributed by atoms with Crippen molar-refractivity contribution in [2.75, 3.05) is 19.7 Å². The Bertz CT molecular complexity index is 155. The predicted molar refractivity (Wildman–Crippen MR) is 65.0 cm³/mol. The van der Waals surface area contributed by atoms with Crippen LogP contribution in [0.3, 0.4) is 0 Å². The second-order valence-electron chi connectivity index (χ2n) is 4.85. The Hall–Kier alpha value is -0.0800. The van der Waals surface area contributed by atoms with Crippen LogP contribution in [0, 0.1) is 5.92 Å². The maximum absolute atomic E-state index is 9.08. The van der Waals surface area contributed by atoms with Gasteiger partial charge in [0.25, 0.3) is 0 Å². The third-order valence-corrected chi connectivity index (χ3v) is 3.75. The van der Waals surface area contributed by atoms with Gasteiger partial charge < -0.3 is 5.11 Å². The van der Waals surface area contributed by atoms with E-state index in [2.05, 4.69) is 18.7 Å². The fraction of sp³-hybridized carbons (Fsp3) is 1.00. The third-order valence-electron chi connectivity index (χ3n) is 3.75. The van der Waals surface area contributed by atoms with Crippen molar-refractivity contribution in [2.24, 2.45) is 5.92 Å². The van der Waals surface area contributed by atoms with Crippen molar-refractivity contribution >= 4 is 0 Å². The number of hydrogen-bond acceptors (Lipinski definition) is 2. The van der Waals surface area contributed by atoms with Gasteiger partial charge in [-0.2, -0.15) is 0 Å². The second kappa shape index (κ2) is 7.24. The van der Waals surface area contributed by atoms with Gasteiger partial charge >= 0.3 is 0 Å². The van der Waals surface area contributed by atoms with E-state index in [0.29, 0.717) is 6.61 Å². The lowest BCUT2D eigenvalue weighted by atomic mass is 9.83. The van der Waals surface area contributed by atoms with Crippen LogP contribution in [-0.2, 0) is 0 Å². The highest BCUT2D eigenvalue weighted by molar-refractivity contribution is 4.79. The zero-order valence-corrected chi connectivity index (χ0v) is 10.4. The number of hydrogen-bond donors (Lipinski definition) is 1. The molecule has 0 saturated heterocycles. The summed E-state index contributed by atoms with van der Waals surface area (Å²) in [6.45, 7) is 6.87. The van der Waals surface area contributed by atoms with Crippen LogP contribution < -0.4 is 0 Å². The molecule has 15 heavy (non-hydrogen) atoms. The minimum absolute atomic E-state index is 0.313. The molecule has 2 unspecified atom stereocenters. The Kier molecular flexibility index (Phi) is 6.26. The Morgan fingerprint density at radius 2 is 2.00 bits per heavy atom. The molecule has 1 N–H and O–H groups in total. The fourth-order valence-electron chi connectivity index (χ4n) is 2.86. The van der Waals surface area contributed by atoms with E-state index in [1.54, 1.807) is 0 Å². The SMILES string of the molecule is CCCN(CCO)C1CCCC(CC)C1. The molecule has 0 aromatic heterocycles. The molecule has 0 radical (unpaired) electrons. The van der Waals surface area contributed by atoms with Gasteiger partial charge in [0.2, 0.25) is 0 Å². The van der Waals surface area contributed by atoms with Crippen LogP contribution in [0.25, 0.3) is 0 Å². The predicted octanol–water partition coefficient (Wildman–Crippen LogP) is 2.66. The van der Waals surface area contributed by atoms with Gasteiger partial charge in [0, 0.05) is 12.6 Å². The lowest BCUT2D eigenvalue weighted by Gasteiger charge is -2.37. The highest BCUT2D eigenvalue weighted by Gasteiger charge is 2.24. The van der Waals surface area contributed by atoms with Crippen LogP contribution in [0.15, 0.2) is 0 Å². The first kappa shape index (κ1) is 13.0. The molecule has 0 aromatic carbocycles. The van der Waals surface area contributed by atoms with E-state index >= 15 is 0 Å². The van der Waals surface area contributed by atoms with Crippen LogP contribution in [0.1, 0.15) is 52.4 Å². The van der Waals surface area contributed by atoms with Crippen LogP contribution in [0.5, 0.6) is 0 Å². The normalized spacial score (nSPS) is 27.2. The second-order valence-corrected chi connectivity index (χ2v) is 4.85. The van der Waals surface area contributed by atoms with Gasteiger partial charge in [-0.1, -0.05) is 33.1 Å². The van der Waals surface area contributed by atoms with Gasteiger partial charge in [0.1, 0.15) is 0 Å². The Morgan fingerprint density at radius 1 is 1.20 bits per heavy atom.